The van der Waals surface area contributed by atoms with Crippen LogP contribution >= 0.6 is 0 Å². The number of nitrogens with zero attached hydrogens (tertiary/aromatic N) is 2. The number of para-hydroxylation sites is 1. The van der Waals surface area contributed by atoms with Gasteiger partial charge in [0.15, 0.2) is 0 Å². The van der Waals surface area contributed by atoms with Crippen molar-refractivity contribution in [2.24, 2.45) is 0 Å². The van der Waals surface area contributed by atoms with Crippen molar-refractivity contribution >= 4 is 11.6 Å². The van der Waals surface area contributed by atoms with Gasteiger partial charge in [-0.2, -0.15) is 0 Å². The number of nitrogens with one attached hydrogen (secondary N) is 1. The van der Waals surface area contributed by atoms with Crippen LogP contribution in [0.15, 0.2) is 54.6 Å². The molecule has 1 aliphatic heterocycles. The summed E-state index contributed by atoms with van der Waals surface area (Å²) in [5, 5.41) is 2.92. The molecule has 27 heavy (non-hydrogen) atoms. The summed E-state index contributed by atoms with van der Waals surface area (Å²) in [7, 11) is 1.68. The van der Waals surface area contributed by atoms with Crippen molar-refractivity contribution < 1.29 is 14.3 Å². The number of hydrogen-bond acceptors (Lipinski definition) is 5. The minimum Gasteiger partial charge on any atom is -0.497 e. The number of hydrogen-bond donors (Lipinski definition) is 1. The monoisotopic (exact) mass is 369 g/mol. The molecule has 0 aliphatic carbocycles. The summed E-state index contributed by atoms with van der Waals surface area (Å²) < 4.78 is 10.9. The van der Waals surface area contributed by atoms with Crippen LogP contribution in [0.1, 0.15) is 0 Å². The van der Waals surface area contributed by atoms with E-state index < -0.39 is 0 Å². The molecule has 1 saturated heterocycles. The number of amides is 1. The van der Waals surface area contributed by atoms with Crippen LogP contribution in [0, 0.1) is 0 Å². The summed E-state index contributed by atoms with van der Waals surface area (Å²) in [6, 6.07) is 17.7. The summed E-state index contributed by atoms with van der Waals surface area (Å²) in [6.45, 7) is 4.94. The lowest BCUT2D eigenvalue weighted by molar-refractivity contribution is -0.122. The van der Waals surface area contributed by atoms with E-state index in [1.54, 1.807) is 7.11 Å². The zero-order valence-electron chi connectivity index (χ0n) is 15.8. The third-order valence-corrected chi connectivity index (χ3v) is 4.59. The molecule has 0 bridgehead atoms. The second-order valence-electron chi connectivity index (χ2n) is 6.48. The predicted molar refractivity (Wildman–Crippen MR) is 107 cm³/mol. The summed E-state index contributed by atoms with van der Waals surface area (Å²) in [5.74, 6) is 1.73. The highest BCUT2D eigenvalue weighted by Gasteiger charge is 2.19. The number of piperazine rings is 1. The first kappa shape index (κ1) is 19.0. The summed E-state index contributed by atoms with van der Waals surface area (Å²) >= 11 is 0. The predicted octanol–water partition coefficient (Wildman–Crippen LogP) is 2.01. The van der Waals surface area contributed by atoms with Crippen LogP contribution in [0.2, 0.25) is 0 Å². The molecule has 0 unspecified atom stereocenters. The molecule has 3 rings (SSSR count). The fraction of sp³-hybridized carbons (Fsp3) is 0.381. The van der Waals surface area contributed by atoms with Crippen molar-refractivity contribution in [1.82, 2.24) is 10.2 Å². The Kier molecular flexibility index (Phi) is 6.93. The molecule has 0 atom stereocenters. The lowest BCUT2D eigenvalue weighted by atomic mass is 10.2. The highest BCUT2D eigenvalue weighted by Crippen LogP contribution is 2.22. The van der Waals surface area contributed by atoms with Gasteiger partial charge in [-0.3, -0.25) is 9.69 Å². The highest BCUT2D eigenvalue weighted by atomic mass is 16.5. The van der Waals surface area contributed by atoms with Gasteiger partial charge in [0.25, 0.3) is 0 Å². The number of carbonyl (C=O) groups excluding carboxylic acids is 1. The second-order valence-corrected chi connectivity index (χ2v) is 6.48. The van der Waals surface area contributed by atoms with Crippen LogP contribution in [0.25, 0.3) is 0 Å². The summed E-state index contributed by atoms with van der Waals surface area (Å²) in [6.07, 6.45) is 0. The van der Waals surface area contributed by atoms with Crippen LogP contribution in [-0.4, -0.2) is 63.8 Å². The van der Waals surface area contributed by atoms with Gasteiger partial charge in [0.1, 0.15) is 18.1 Å². The molecule has 144 valence electrons. The summed E-state index contributed by atoms with van der Waals surface area (Å²) in [5.41, 5.74) is 1.16. The molecule has 1 N–H and O–H groups in total. The van der Waals surface area contributed by atoms with E-state index in [2.05, 4.69) is 27.2 Å². The van der Waals surface area contributed by atoms with Crippen LogP contribution in [0.4, 0.5) is 5.69 Å². The molecule has 0 aromatic heterocycles. The van der Waals surface area contributed by atoms with Crippen molar-refractivity contribution in [3.05, 3.63) is 54.6 Å². The van der Waals surface area contributed by atoms with Gasteiger partial charge in [-0.1, -0.05) is 24.3 Å². The Morgan fingerprint density at radius 1 is 1.00 bits per heavy atom. The molecule has 2 aromatic rings. The maximum atomic E-state index is 12.1. The first-order chi connectivity index (χ1) is 13.2. The number of benzene rings is 2. The minimum absolute atomic E-state index is 0.0430. The average molecular weight is 369 g/mol. The fourth-order valence-corrected chi connectivity index (χ4v) is 3.11. The van der Waals surface area contributed by atoms with Gasteiger partial charge < -0.3 is 19.7 Å². The van der Waals surface area contributed by atoms with Crippen molar-refractivity contribution in [3.8, 4) is 11.5 Å². The molecule has 2 aromatic carbocycles. The normalized spacial score (nSPS) is 14.6. The Bertz CT molecular complexity index is 716. The maximum Gasteiger partial charge on any atom is 0.234 e. The molecule has 6 nitrogen and oxygen atoms in total. The number of carbonyl (C=O) groups is 1. The van der Waals surface area contributed by atoms with Crippen LogP contribution in [0.3, 0.4) is 0 Å². The molecule has 6 heteroatoms. The first-order valence-corrected chi connectivity index (χ1v) is 9.30. The second kappa shape index (κ2) is 9.83. The average Bonchev–Trinajstić information content (AvgIpc) is 2.72. The Hall–Kier alpha value is -2.73. The van der Waals surface area contributed by atoms with Crippen LogP contribution in [-0.2, 0) is 4.79 Å². The van der Waals surface area contributed by atoms with Gasteiger partial charge in [-0.05, 0) is 24.3 Å². The molecule has 1 amide bonds. The number of methoxy groups -OCH3 is 1. The van der Waals surface area contributed by atoms with Gasteiger partial charge in [-0.25, -0.2) is 0 Å². The third-order valence-electron chi connectivity index (χ3n) is 4.59. The molecule has 1 heterocycles. The number of rotatable bonds is 8. The lowest BCUT2D eigenvalue weighted by Crippen LogP contribution is -2.49. The zero-order chi connectivity index (χ0) is 18.9. The van der Waals surface area contributed by atoms with Crippen molar-refractivity contribution in [3.63, 3.8) is 0 Å². The molecule has 0 spiro atoms. The van der Waals surface area contributed by atoms with Gasteiger partial charge in [0.2, 0.25) is 5.91 Å². The van der Waals surface area contributed by atoms with E-state index in [9.17, 15) is 4.79 Å². The quantitative estimate of drug-likeness (QED) is 0.722. The van der Waals surface area contributed by atoms with E-state index in [0.29, 0.717) is 19.7 Å². The zero-order valence-corrected chi connectivity index (χ0v) is 15.8. The largest absolute Gasteiger partial charge is 0.497 e. The molecule has 1 fully saturated rings. The number of ether oxygens (including phenoxy) is 2. The Labute approximate surface area is 160 Å². The van der Waals surface area contributed by atoms with Crippen molar-refractivity contribution in [2.75, 3.05) is 57.9 Å². The lowest BCUT2D eigenvalue weighted by Gasteiger charge is -2.35. The Balaban J connectivity index is 1.34. The highest BCUT2D eigenvalue weighted by molar-refractivity contribution is 5.78. The smallest absolute Gasteiger partial charge is 0.234 e. The van der Waals surface area contributed by atoms with E-state index in [4.69, 9.17) is 9.47 Å². The van der Waals surface area contributed by atoms with E-state index in [1.807, 2.05) is 42.5 Å². The molecule has 0 radical (unpaired) electrons. The van der Waals surface area contributed by atoms with Crippen LogP contribution in [0.5, 0.6) is 11.5 Å². The fourth-order valence-electron chi connectivity index (χ4n) is 3.11. The van der Waals surface area contributed by atoms with Gasteiger partial charge in [-0.15, -0.1) is 0 Å². The minimum atomic E-state index is 0.0430. The van der Waals surface area contributed by atoms with Crippen LogP contribution < -0.4 is 19.7 Å². The SMILES string of the molecule is COc1cccc(N2CCN(CC(=O)NCCOc3ccccc3)CC2)c1. The third kappa shape index (κ3) is 5.89. The Morgan fingerprint density at radius 3 is 2.48 bits per heavy atom. The Morgan fingerprint density at radius 2 is 1.74 bits per heavy atom. The standard InChI is InChI=1S/C21H27N3O3/c1-26-20-9-5-6-18(16-20)24-13-11-23(12-14-24)17-21(25)22-10-15-27-19-7-3-2-4-8-19/h2-9,16H,10-15,17H2,1H3,(H,22,25). The van der Waals surface area contributed by atoms with Crippen molar-refractivity contribution in [1.29, 1.82) is 0 Å². The first-order valence-electron chi connectivity index (χ1n) is 9.30. The molecule has 1 aliphatic rings. The summed E-state index contributed by atoms with van der Waals surface area (Å²) in [4.78, 5) is 16.6. The maximum absolute atomic E-state index is 12.1. The molecule has 0 saturated carbocycles. The van der Waals surface area contributed by atoms with E-state index in [-0.39, 0.29) is 5.91 Å². The van der Waals surface area contributed by atoms with Gasteiger partial charge >= 0.3 is 0 Å². The van der Waals surface area contributed by atoms with E-state index in [1.165, 1.54) is 0 Å². The topological polar surface area (TPSA) is 54.0 Å². The molecular formula is C21H27N3O3. The van der Waals surface area contributed by atoms with Gasteiger partial charge in [0.05, 0.1) is 20.2 Å². The van der Waals surface area contributed by atoms with Crippen molar-refractivity contribution in [2.45, 2.75) is 0 Å². The van der Waals surface area contributed by atoms with Gasteiger partial charge in [0, 0.05) is 37.9 Å². The molecular weight excluding hydrogens is 342 g/mol. The van der Waals surface area contributed by atoms with E-state index in [0.717, 1.165) is 43.4 Å². The number of anilines is 1. The van der Waals surface area contributed by atoms with E-state index >= 15 is 0 Å².